The molecule has 2 rings (SSSR count). The zero-order chi connectivity index (χ0) is 13.7. The summed E-state index contributed by atoms with van der Waals surface area (Å²) in [4.78, 5) is 12.1. The first-order valence-electron chi connectivity index (χ1n) is 7.15. The van der Waals surface area contributed by atoms with Crippen LogP contribution in [0, 0.1) is 0 Å². The molecule has 1 saturated carbocycles. The molecule has 1 amide bonds. The normalized spacial score (nSPS) is 16.1. The van der Waals surface area contributed by atoms with E-state index in [1.165, 1.54) is 32.1 Å². The molecule has 0 heterocycles. The lowest BCUT2D eigenvalue weighted by Crippen LogP contribution is -2.27. The van der Waals surface area contributed by atoms with E-state index in [0.29, 0.717) is 23.8 Å². The van der Waals surface area contributed by atoms with Gasteiger partial charge in [0.1, 0.15) is 0 Å². The molecule has 1 aromatic carbocycles. The second kappa shape index (κ2) is 6.45. The maximum atomic E-state index is 12.1. The Kier molecular flexibility index (Phi) is 4.66. The molecule has 19 heavy (non-hydrogen) atoms. The molecule has 1 aliphatic rings. The summed E-state index contributed by atoms with van der Waals surface area (Å²) in [5.41, 5.74) is 7.95. The van der Waals surface area contributed by atoms with E-state index in [1.807, 2.05) is 19.1 Å². The van der Waals surface area contributed by atoms with Crippen molar-refractivity contribution in [3.8, 4) is 0 Å². The van der Waals surface area contributed by atoms with E-state index in [2.05, 4.69) is 10.6 Å². The fourth-order valence-corrected chi connectivity index (χ4v) is 2.60. The Morgan fingerprint density at radius 2 is 2.05 bits per heavy atom. The van der Waals surface area contributed by atoms with E-state index in [-0.39, 0.29) is 5.91 Å². The Bertz CT molecular complexity index is 439. The van der Waals surface area contributed by atoms with Crippen LogP contribution in [0.5, 0.6) is 0 Å². The van der Waals surface area contributed by atoms with Crippen molar-refractivity contribution < 1.29 is 4.79 Å². The van der Waals surface area contributed by atoms with Crippen molar-refractivity contribution in [3.05, 3.63) is 23.8 Å². The van der Waals surface area contributed by atoms with Crippen molar-refractivity contribution in [3.63, 3.8) is 0 Å². The molecule has 0 bridgehead atoms. The van der Waals surface area contributed by atoms with Crippen LogP contribution < -0.4 is 16.4 Å². The molecule has 4 N–H and O–H groups in total. The highest BCUT2D eigenvalue weighted by atomic mass is 16.1. The van der Waals surface area contributed by atoms with Gasteiger partial charge in [0.25, 0.3) is 5.91 Å². The number of nitrogen functional groups attached to an aromatic ring is 1. The summed E-state index contributed by atoms with van der Waals surface area (Å²) in [6, 6.07) is 5.98. The lowest BCUT2D eigenvalue weighted by atomic mass is 9.95. The van der Waals surface area contributed by atoms with E-state index in [4.69, 9.17) is 5.73 Å². The number of anilines is 2. The number of carbonyl (C=O) groups is 1. The van der Waals surface area contributed by atoms with Crippen LogP contribution in [0.15, 0.2) is 18.2 Å². The molecule has 0 atom stereocenters. The number of hydrogen-bond acceptors (Lipinski definition) is 3. The topological polar surface area (TPSA) is 67.2 Å². The molecule has 1 aliphatic carbocycles. The third kappa shape index (κ3) is 3.63. The molecule has 4 nitrogen and oxygen atoms in total. The first-order chi connectivity index (χ1) is 9.20. The van der Waals surface area contributed by atoms with Crippen LogP contribution in [0.4, 0.5) is 11.4 Å². The van der Waals surface area contributed by atoms with Gasteiger partial charge in [-0.3, -0.25) is 4.79 Å². The summed E-state index contributed by atoms with van der Waals surface area (Å²) >= 11 is 0. The van der Waals surface area contributed by atoms with Crippen molar-refractivity contribution in [2.75, 3.05) is 17.6 Å². The largest absolute Gasteiger partial charge is 0.399 e. The number of hydrogen-bond donors (Lipinski definition) is 3. The third-order valence-corrected chi connectivity index (χ3v) is 3.59. The van der Waals surface area contributed by atoms with Crippen molar-refractivity contribution in [1.29, 1.82) is 0 Å². The predicted molar refractivity (Wildman–Crippen MR) is 79.4 cm³/mol. The van der Waals surface area contributed by atoms with E-state index < -0.39 is 0 Å². The standard InChI is InChI=1S/C15H23N3O/c1-2-17-15(19)13-10-11(16)8-9-14(13)18-12-6-4-3-5-7-12/h8-10,12,18H,2-7,16H2,1H3,(H,17,19). The van der Waals surface area contributed by atoms with Gasteiger partial charge in [0.15, 0.2) is 0 Å². The van der Waals surface area contributed by atoms with Gasteiger partial charge in [-0.15, -0.1) is 0 Å². The molecular formula is C15H23N3O. The van der Waals surface area contributed by atoms with Crippen molar-refractivity contribution in [1.82, 2.24) is 5.32 Å². The first-order valence-corrected chi connectivity index (χ1v) is 7.15. The van der Waals surface area contributed by atoms with E-state index >= 15 is 0 Å². The Morgan fingerprint density at radius 3 is 2.74 bits per heavy atom. The molecule has 0 saturated heterocycles. The summed E-state index contributed by atoms with van der Waals surface area (Å²) in [6.07, 6.45) is 6.22. The molecule has 1 fully saturated rings. The second-order valence-corrected chi connectivity index (χ2v) is 5.14. The van der Waals surface area contributed by atoms with Gasteiger partial charge < -0.3 is 16.4 Å². The number of carbonyl (C=O) groups excluding carboxylic acids is 1. The van der Waals surface area contributed by atoms with E-state index in [1.54, 1.807) is 6.07 Å². The number of nitrogens with one attached hydrogen (secondary N) is 2. The lowest BCUT2D eigenvalue weighted by Gasteiger charge is -2.25. The highest BCUT2D eigenvalue weighted by Gasteiger charge is 2.17. The van der Waals surface area contributed by atoms with Gasteiger partial charge >= 0.3 is 0 Å². The van der Waals surface area contributed by atoms with Crippen LogP contribution in [-0.4, -0.2) is 18.5 Å². The van der Waals surface area contributed by atoms with Gasteiger partial charge in [-0.1, -0.05) is 19.3 Å². The third-order valence-electron chi connectivity index (χ3n) is 3.59. The predicted octanol–water partition coefficient (Wildman–Crippen LogP) is 2.76. The van der Waals surface area contributed by atoms with Crippen LogP contribution in [-0.2, 0) is 0 Å². The van der Waals surface area contributed by atoms with Gasteiger partial charge in [0.05, 0.1) is 5.56 Å². The molecule has 4 heteroatoms. The molecule has 0 unspecified atom stereocenters. The minimum Gasteiger partial charge on any atom is -0.399 e. The number of rotatable bonds is 4. The Morgan fingerprint density at radius 1 is 1.32 bits per heavy atom. The van der Waals surface area contributed by atoms with Gasteiger partial charge in [0.2, 0.25) is 0 Å². The second-order valence-electron chi connectivity index (χ2n) is 5.14. The van der Waals surface area contributed by atoms with Crippen LogP contribution in [0.1, 0.15) is 49.4 Å². The monoisotopic (exact) mass is 261 g/mol. The van der Waals surface area contributed by atoms with Gasteiger partial charge in [0, 0.05) is 24.0 Å². The zero-order valence-electron chi connectivity index (χ0n) is 11.5. The van der Waals surface area contributed by atoms with Crippen LogP contribution in [0.3, 0.4) is 0 Å². The summed E-state index contributed by atoms with van der Waals surface area (Å²) < 4.78 is 0. The molecule has 0 aliphatic heterocycles. The Hall–Kier alpha value is -1.71. The van der Waals surface area contributed by atoms with Crippen molar-refractivity contribution in [2.45, 2.75) is 45.1 Å². The number of nitrogens with two attached hydrogens (primary N) is 1. The fourth-order valence-electron chi connectivity index (χ4n) is 2.60. The van der Waals surface area contributed by atoms with Gasteiger partial charge in [-0.2, -0.15) is 0 Å². The maximum Gasteiger partial charge on any atom is 0.253 e. The van der Waals surface area contributed by atoms with Crippen LogP contribution >= 0.6 is 0 Å². The van der Waals surface area contributed by atoms with Crippen LogP contribution in [0.2, 0.25) is 0 Å². The summed E-state index contributed by atoms with van der Waals surface area (Å²) in [5.74, 6) is -0.0619. The molecule has 0 aromatic heterocycles. The van der Waals surface area contributed by atoms with Crippen molar-refractivity contribution in [2.24, 2.45) is 0 Å². The Balaban J connectivity index is 2.15. The fraction of sp³-hybridized carbons (Fsp3) is 0.533. The van der Waals surface area contributed by atoms with Gasteiger partial charge in [-0.25, -0.2) is 0 Å². The molecule has 0 radical (unpaired) electrons. The van der Waals surface area contributed by atoms with E-state index in [0.717, 1.165) is 5.69 Å². The van der Waals surface area contributed by atoms with Crippen LogP contribution in [0.25, 0.3) is 0 Å². The quantitative estimate of drug-likeness (QED) is 0.730. The molecular weight excluding hydrogens is 238 g/mol. The van der Waals surface area contributed by atoms with Crippen molar-refractivity contribution >= 4 is 17.3 Å². The number of benzene rings is 1. The first kappa shape index (κ1) is 13.7. The highest BCUT2D eigenvalue weighted by molar-refractivity contribution is 6.00. The highest BCUT2D eigenvalue weighted by Crippen LogP contribution is 2.25. The Labute approximate surface area is 114 Å². The lowest BCUT2D eigenvalue weighted by molar-refractivity contribution is 0.0956. The average molecular weight is 261 g/mol. The van der Waals surface area contributed by atoms with E-state index in [9.17, 15) is 4.79 Å². The average Bonchev–Trinajstić information content (AvgIpc) is 2.42. The summed E-state index contributed by atoms with van der Waals surface area (Å²) in [7, 11) is 0. The zero-order valence-corrected chi connectivity index (χ0v) is 11.5. The number of amides is 1. The minimum absolute atomic E-state index is 0.0619. The van der Waals surface area contributed by atoms with Gasteiger partial charge in [-0.05, 0) is 38.0 Å². The SMILES string of the molecule is CCNC(=O)c1cc(N)ccc1NC1CCCCC1. The summed E-state index contributed by atoms with van der Waals surface area (Å²) in [5, 5.41) is 6.33. The molecule has 0 spiro atoms. The minimum atomic E-state index is -0.0619. The smallest absolute Gasteiger partial charge is 0.253 e. The maximum absolute atomic E-state index is 12.1. The summed E-state index contributed by atoms with van der Waals surface area (Å²) in [6.45, 7) is 2.54. The molecule has 1 aromatic rings. The molecule has 104 valence electrons.